The first-order chi connectivity index (χ1) is 8.60. The molecule has 100 valence electrons. The third-order valence-electron chi connectivity index (χ3n) is 2.52. The number of carbonyl (C=O) groups is 1. The molecule has 0 aliphatic rings. The van der Waals surface area contributed by atoms with Gasteiger partial charge in [0.2, 0.25) is 5.91 Å². The zero-order chi connectivity index (χ0) is 13.5. The number of aromatic nitrogens is 2. The number of likely N-dealkylation sites (N-methyl/N-ethyl adjacent to an activating group) is 2. The lowest BCUT2D eigenvalue weighted by atomic mass is 10.3. The number of hydrogen-bond acceptors (Lipinski definition) is 5. The highest BCUT2D eigenvalue weighted by Crippen LogP contribution is 2.20. The second-order valence-electron chi connectivity index (χ2n) is 4.01. The van der Waals surface area contributed by atoms with Crippen molar-refractivity contribution in [3.63, 3.8) is 0 Å². The molecule has 0 aliphatic carbocycles. The lowest BCUT2D eigenvalue weighted by Gasteiger charge is -2.20. The van der Waals surface area contributed by atoms with Gasteiger partial charge in [-0.25, -0.2) is 9.97 Å². The normalized spacial score (nSPS) is 10.0. The maximum absolute atomic E-state index is 11.5. The van der Waals surface area contributed by atoms with Crippen molar-refractivity contribution in [2.75, 3.05) is 36.9 Å². The van der Waals surface area contributed by atoms with Gasteiger partial charge in [-0.05, 0) is 20.8 Å². The van der Waals surface area contributed by atoms with Crippen molar-refractivity contribution in [3.8, 4) is 0 Å². The van der Waals surface area contributed by atoms with E-state index in [1.165, 1.54) is 6.33 Å². The van der Waals surface area contributed by atoms with E-state index in [2.05, 4.69) is 20.6 Å². The van der Waals surface area contributed by atoms with Gasteiger partial charge in [0, 0.05) is 25.7 Å². The monoisotopic (exact) mass is 251 g/mol. The molecule has 18 heavy (non-hydrogen) atoms. The molecule has 0 saturated heterocycles. The van der Waals surface area contributed by atoms with Gasteiger partial charge in [0.1, 0.15) is 18.0 Å². The minimum absolute atomic E-state index is 0.0111. The Morgan fingerprint density at radius 2 is 2.06 bits per heavy atom. The molecule has 1 amide bonds. The fraction of sp³-hybridized carbons (Fsp3) is 0.583. The highest BCUT2D eigenvalue weighted by atomic mass is 16.2. The van der Waals surface area contributed by atoms with Crippen LogP contribution in [-0.4, -0.2) is 42.6 Å². The second kappa shape index (κ2) is 6.78. The van der Waals surface area contributed by atoms with Crippen LogP contribution in [-0.2, 0) is 4.79 Å². The maximum Gasteiger partial charge on any atom is 0.239 e. The highest BCUT2D eigenvalue weighted by molar-refractivity contribution is 5.81. The van der Waals surface area contributed by atoms with Crippen LogP contribution in [0.3, 0.4) is 0 Å². The molecular weight excluding hydrogens is 230 g/mol. The Morgan fingerprint density at radius 3 is 2.67 bits per heavy atom. The summed E-state index contributed by atoms with van der Waals surface area (Å²) < 4.78 is 0. The molecule has 2 N–H and O–H groups in total. The molecule has 0 spiro atoms. The van der Waals surface area contributed by atoms with Gasteiger partial charge in [0.15, 0.2) is 0 Å². The molecule has 0 aromatic carbocycles. The second-order valence-corrected chi connectivity index (χ2v) is 4.01. The van der Waals surface area contributed by atoms with E-state index in [-0.39, 0.29) is 12.5 Å². The standard InChI is InChI=1S/C12H21N5O/c1-5-13-10(18)7-17(4)12-9(3)11(14-6-2)15-8-16-12/h8H,5-7H2,1-4H3,(H,13,18)(H,14,15,16). The number of anilines is 2. The summed E-state index contributed by atoms with van der Waals surface area (Å²) in [6.07, 6.45) is 1.51. The predicted octanol–water partition coefficient (Wildman–Crippen LogP) is 0.789. The van der Waals surface area contributed by atoms with Crippen molar-refractivity contribution < 1.29 is 4.79 Å². The van der Waals surface area contributed by atoms with Crippen molar-refractivity contribution in [3.05, 3.63) is 11.9 Å². The number of amides is 1. The van der Waals surface area contributed by atoms with Gasteiger partial charge in [-0.15, -0.1) is 0 Å². The molecule has 0 unspecified atom stereocenters. The van der Waals surface area contributed by atoms with E-state index in [0.29, 0.717) is 6.54 Å². The molecule has 0 radical (unpaired) electrons. The van der Waals surface area contributed by atoms with E-state index < -0.39 is 0 Å². The molecule has 6 nitrogen and oxygen atoms in total. The Labute approximate surface area is 108 Å². The summed E-state index contributed by atoms with van der Waals surface area (Å²) in [5.41, 5.74) is 0.950. The van der Waals surface area contributed by atoms with Gasteiger partial charge in [-0.2, -0.15) is 0 Å². The molecule has 0 atom stereocenters. The summed E-state index contributed by atoms with van der Waals surface area (Å²) in [5, 5.41) is 5.94. The predicted molar refractivity (Wildman–Crippen MR) is 72.9 cm³/mol. The summed E-state index contributed by atoms with van der Waals surface area (Å²) in [6, 6.07) is 0. The highest BCUT2D eigenvalue weighted by Gasteiger charge is 2.13. The molecule has 0 fully saturated rings. The van der Waals surface area contributed by atoms with Crippen LogP contribution in [0.5, 0.6) is 0 Å². The van der Waals surface area contributed by atoms with E-state index in [1.54, 1.807) is 0 Å². The molecule has 0 saturated carbocycles. The van der Waals surface area contributed by atoms with Gasteiger partial charge in [0.05, 0.1) is 6.54 Å². The van der Waals surface area contributed by atoms with Gasteiger partial charge < -0.3 is 15.5 Å². The summed E-state index contributed by atoms with van der Waals surface area (Å²) in [7, 11) is 1.85. The fourth-order valence-corrected chi connectivity index (χ4v) is 1.71. The van der Waals surface area contributed by atoms with Crippen LogP contribution in [0.1, 0.15) is 19.4 Å². The van der Waals surface area contributed by atoms with E-state index >= 15 is 0 Å². The third kappa shape index (κ3) is 3.58. The summed E-state index contributed by atoms with van der Waals surface area (Å²) in [6.45, 7) is 7.59. The van der Waals surface area contributed by atoms with Crippen molar-refractivity contribution in [1.82, 2.24) is 15.3 Å². The van der Waals surface area contributed by atoms with Gasteiger partial charge in [-0.1, -0.05) is 0 Å². The lowest BCUT2D eigenvalue weighted by molar-refractivity contribution is -0.119. The number of hydrogen-bond donors (Lipinski definition) is 2. The van der Waals surface area contributed by atoms with E-state index in [9.17, 15) is 4.79 Å². The number of rotatable bonds is 6. The first-order valence-corrected chi connectivity index (χ1v) is 6.13. The lowest BCUT2D eigenvalue weighted by Crippen LogP contribution is -2.35. The average molecular weight is 251 g/mol. The molecule has 1 rings (SSSR count). The number of carbonyl (C=O) groups excluding carboxylic acids is 1. The first kappa shape index (κ1) is 14.2. The van der Waals surface area contributed by atoms with Crippen LogP contribution in [0.2, 0.25) is 0 Å². The zero-order valence-electron chi connectivity index (χ0n) is 11.4. The molecule has 1 heterocycles. The first-order valence-electron chi connectivity index (χ1n) is 6.13. The zero-order valence-corrected chi connectivity index (χ0v) is 11.4. The van der Waals surface area contributed by atoms with Gasteiger partial charge in [-0.3, -0.25) is 4.79 Å². The summed E-state index contributed by atoms with van der Waals surface area (Å²) in [4.78, 5) is 21.8. The molecule has 0 aliphatic heterocycles. The Kier molecular flexibility index (Phi) is 5.35. The SMILES string of the molecule is CCNC(=O)CN(C)c1ncnc(NCC)c1C. The summed E-state index contributed by atoms with van der Waals surface area (Å²) in [5.74, 6) is 1.57. The smallest absolute Gasteiger partial charge is 0.239 e. The van der Waals surface area contributed by atoms with Crippen molar-refractivity contribution in [2.24, 2.45) is 0 Å². The van der Waals surface area contributed by atoms with Crippen molar-refractivity contribution in [1.29, 1.82) is 0 Å². The van der Waals surface area contributed by atoms with Crippen LogP contribution < -0.4 is 15.5 Å². The Hall–Kier alpha value is -1.85. The van der Waals surface area contributed by atoms with Crippen LogP contribution in [0.25, 0.3) is 0 Å². The Bertz CT molecular complexity index is 407. The number of nitrogens with zero attached hydrogens (tertiary/aromatic N) is 3. The largest absolute Gasteiger partial charge is 0.370 e. The fourth-order valence-electron chi connectivity index (χ4n) is 1.71. The van der Waals surface area contributed by atoms with E-state index in [4.69, 9.17) is 0 Å². The molecule has 0 bridgehead atoms. The molecule has 1 aromatic rings. The van der Waals surface area contributed by atoms with Crippen molar-refractivity contribution >= 4 is 17.5 Å². The molecule has 1 aromatic heterocycles. The molecule has 6 heteroatoms. The van der Waals surface area contributed by atoms with Crippen LogP contribution in [0.15, 0.2) is 6.33 Å². The van der Waals surface area contributed by atoms with E-state index in [0.717, 1.165) is 23.7 Å². The van der Waals surface area contributed by atoms with Crippen molar-refractivity contribution in [2.45, 2.75) is 20.8 Å². The topological polar surface area (TPSA) is 70.2 Å². The minimum Gasteiger partial charge on any atom is -0.370 e. The Morgan fingerprint density at radius 1 is 1.33 bits per heavy atom. The van der Waals surface area contributed by atoms with E-state index in [1.807, 2.05) is 32.7 Å². The number of nitrogens with one attached hydrogen (secondary N) is 2. The third-order valence-corrected chi connectivity index (χ3v) is 2.52. The molecular formula is C12H21N5O. The average Bonchev–Trinajstić information content (AvgIpc) is 2.32. The minimum atomic E-state index is -0.0111. The van der Waals surface area contributed by atoms with Crippen LogP contribution in [0.4, 0.5) is 11.6 Å². The van der Waals surface area contributed by atoms with Gasteiger partial charge >= 0.3 is 0 Å². The van der Waals surface area contributed by atoms with Crippen LogP contribution in [0, 0.1) is 6.92 Å². The Balaban J connectivity index is 2.82. The van der Waals surface area contributed by atoms with Gasteiger partial charge in [0.25, 0.3) is 0 Å². The quantitative estimate of drug-likeness (QED) is 0.782. The summed E-state index contributed by atoms with van der Waals surface area (Å²) >= 11 is 0. The van der Waals surface area contributed by atoms with Crippen LogP contribution >= 0.6 is 0 Å². The maximum atomic E-state index is 11.5.